The molecule has 5 N–H and O–H groups in total. The Kier molecular flexibility index (Phi) is 6.23. The van der Waals surface area contributed by atoms with Crippen LogP contribution in [-0.4, -0.2) is 24.4 Å². The van der Waals surface area contributed by atoms with Gasteiger partial charge in [-0.2, -0.15) is 0 Å². The van der Waals surface area contributed by atoms with E-state index in [9.17, 15) is 9.59 Å². The molecule has 0 aliphatic carbocycles. The zero-order valence-electron chi connectivity index (χ0n) is 9.47. The maximum absolute atomic E-state index is 11.7. The number of carbonyl (C=O) groups is 2. The van der Waals surface area contributed by atoms with E-state index in [2.05, 4.69) is 5.32 Å². The second kappa shape index (κ2) is 6.88. The molecule has 1 rings (SSSR count). The quantitative estimate of drug-likeness (QED) is 0.723. The molecular weight excluding hydrogens is 242 g/mol. The van der Waals surface area contributed by atoms with Gasteiger partial charge in [0.1, 0.15) is 0 Å². The van der Waals surface area contributed by atoms with Crippen molar-refractivity contribution < 1.29 is 9.59 Å². The van der Waals surface area contributed by atoms with Crippen molar-refractivity contribution in [2.24, 2.45) is 11.5 Å². The van der Waals surface area contributed by atoms with Crippen molar-refractivity contribution in [3.05, 3.63) is 35.4 Å². The average Bonchev–Trinajstić information content (AvgIpc) is 2.28. The summed E-state index contributed by atoms with van der Waals surface area (Å²) in [5, 5.41) is 2.70. The summed E-state index contributed by atoms with van der Waals surface area (Å²) in [5.41, 5.74) is 11.2. The molecule has 0 radical (unpaired) electrons. The summed E-state index contributed by atoms with van der Waals surface area (Å²) >= 11 is 0. The van der Waals surface area contributed by atoms with E-state index >= 15 is 0 Å². The fourth-order valence-corrected chi connectivity index (χ4v) is 1.18. The smallest absolute Gasteiger partial charge is 0.251 e. The molecular formula is C11H16ClN3O2. The molecule has 0 aromatic heterocycles. The van der Waals surface area contributed by atoms with E-state index in [1.807, 2.05) is 0 Å². The van der Waals surface area contributed by atoms with E-state index in [1.165, 1.54) is 6.07 Å². The van der Waals surface area contributed by atoms with Gasteiger partial charge in [-0.05, 0) is 25.1 Å². The second-order valence-electron chi connectivity index (χ2n) is 3.56. The van der Waals surface area contributed by atoms with Gasteiger partial charge in [0, 0.05) is 23.7 Å². The number of amides is 2. The van der Waals surface area contributed by atoms with Crippen molar-refractivity contribution in [3.63, 3.8) is 0 Å². The fourth-order valence-electron chi connectivity index (χ4n) is 1.18. The van der Waals surface area contributed by atoms with Crippen LogP contribution in [0.1, 0.15) is 27.6 Å². The number of primary amides is 1. The van der Waals surface area contributed by atoms with Crippen LogP contribution in [0.15, 0.2) is 24.3 Å². The molecule has 0 unspecified atom stereocenters. The molecule has 1 atom stereocenters. The molecule has 0 aliphatic heterocycles. The molecule has 0 saturated heterocycles. The van der Waals surface area contributed by atoms with E-state index in [1.54, 1.807) is 25.1 Å². The van der Waals surface area contributed by atoms with Gasteiger partial charge in [0.15, 0.2) is 0 Å². The zero-order chi connectivity index (χ0) is 12.1. The highest BCUT2D eigenvalue weighted by molar-refractivity contribution is 5.99. The lowest BCUT2D eigenvalue weighted by Crippen LogP contribution is -2.37. The van der Waals surface area contributed by atoms with Gasteiger partial charge in [-0.1, -0.05) is 6.07 Å². The Hall–Kier alpha value is -1.59. The first-order valence-corrected chi connectivity index (χ1v) is 4.95. The van der Waals surface area contributed by atoms with Crippen LogP contribution in [0.3, 0.4) is 0 Å². The van der Waals surface area contributed by atoms with Crippen LogP contribution < -0.4 is 16.8 Å². The first-order chi connectivity index (χ1) is 7.54. The zero-order valence-corrected chi connectivity index (χ0v) is 10.3. The van der Waals surface area contributed by atoms with Crippen LogP contribution in [0.4, 0.5) is 0 Å². The first-order valence-electron chi connectivity index (χ1n) is 4.95. The molecule has 5 nitrogen and oxygen atoms in total. The second-order valence-corrected chi connectivity index (χ2v) is 3.56. The maximum atomic E-state index is 11.7. The van der Waals surface area contributed by atoms with E-state index in [0.29, 0.717) is 17.7 Å². The molecule has 1 aromatic carbocycles. The minimum absolute atomic E-state index is 0. The third-order valence-corrected chi connectivity index (χ3v) is 2.14. The van der Waals surface area contributed by atoms with E-state index in [-0.39, 0.29) is 24.4 Å². The highest BCUT2D eigenvalue weighted by Crippen LogP contribution is 2.04. The SMILES string of the molecule is C[C@@H](CN)NC(=O)c1cccc(C(N)=O)c1.Cl. The summed E-state index contributed by atoms with van der Waals surface area (Å²) in [4.78, 5) is 22.6. The Labute approximate surface area is 106 Å². The molecule has 0 bridgehead atoms. The van der Waals surface area contributed by atoms with Crippen molar-refractivity contribution in [2.45, 2.75) is 13.0 Å². The van der Waals surface area contributed by atoms with Crippen LogP contribution in [0, 0.1) is 0 Å². The highest BCUT2D eigenvalue weighted by Gasteiger charge is 2.10. The largest absolute Gasteiger partial charge is 0.366 e. The maximum Gasteiger partial charge on any atom is 0.251 e. The summed E-state index contributed by atoms with van der Waals surface area (Å²) in [6.45, 7) is 2.16. The van der Waals surface area contributed by atoms with Crippen molar-refractivity contribution in [2.75, 3.05) is 6.54 Å². The Morgan fingerprint density at radius 1 is 1.35 bits per heavy atom. The number of rotatable bonds is 4. The van der Waals surface area contributed by atoms with Crippen molar-refractivity contribution in [3.8, 4) is 0 Å². The van der Waals surface area contributed by atoms with Crippen molar-refractivity contribution in [1.82, 2.24) is 5.32 Å². The number of hydrogen-bond acceptors (Lipinski definition) is 3. The molecule has 94 valence electrons. The lowest BCUT2D eigenvalue weighted by molar-refractivity contribution is 0.0941. The van der Waals surface area contributed by atoms with Gasteiger partial charge in [0.2, 0.25) is 5.91 Å². The van der Waals surface area contributed by atoms with Crippen molar-refractivity contribution in [1.29, 1.82) is 0 Å². The van der Waals surface area contributed by atoms with Gasteiger partial charge in [0.05, 0.1) is 0 Å². The third kappa shape index (κ3) is 4.42. The molecule has 1 aromatic rings. The number of nitrogens with two attached hydrogens (primary N) is 2. The van der Waals surface area contributed by atoms with E-state index < -0.39 is 5.91 Å². The predicted molar refractivity (Wildman–Crippen MR) is 68.2 cm³/mol. The summed E-state index contributed by atoms with van der Waals surface area (Å²) in [6.07, 6.45) is 0. The molecule has 0 heterocycles. The fraction of sp³-hybridized carbons (Fsp3) is 0.273. The monoisotopic (exact) mass is 257 g/mol. The van der Waals surface area contributed by atoms with Crippen LogP contribution in [0.5, 0.6) is 0 Å². The van der Waals surface area contributed by atoms with Gasteiger partial charge in [0.25, 0.3) is 5.91 Å². The lowest BCUT2D eigenvalue weighted by atomic mass is 10.1. The topological polar surface area (TPSA) is 98.2 Å². The summed E-state index contributed by atoms with van der Waals surface area (Å²) < 4.78 is 0. The summed E-state index contributed by atoms with van der Waals surface area (Å²) in [6, 6.07) is 6.14. The van der Waals surface area contributed by atoms with Crippen LogP contribution in [0.2, 0.25) is 0 Å². The molecule has 0 spiro atoms. The first kappa shape index (κ1) is 15.4. The number of carbonyl (C=O) groups excluding carboxylic acids is 2. The Morgan fingerprint density at radius 3 is 2.47 bits per heavy atom. The Balaban J connectivity index is 0.00000256. The summed E-state index contributed by atoms with van der Waals surface area (Å²) in [5.74, 6) is -0.817. The third-order valence-electron chi connectivity index (χ3n) is 2.14. The molecule has 0 aliphatic rings. The molecule has 0 saturated carbocycles. The number of nitrogens with one attached hydrogen (secondary N) is 1. The standard InChI is InChI=1S/C11H15N3O2.ClH/c1-7(6-12)14-11(16)9-4-2-3-8(5-9)10(13)15;/h2-5,7H,6,12H2,1H3,(H2,13,15)(H,14,16);1H/t7-;/m0./s1. The van der Waals surface area contributed by atoms with Crippen LogP contribution >= 0.6 is 12.4 Å². The van der Waals surface area contributed by atoms with Gasteiger partial charge in [-0.25, -0.2) is 0 Å². The average molecular weight is 258 g/mol. The minimum atomic E-state index is -0.554. The molecule has 0 fully saturated rings. The highest BCUT2D eigenvalue weighted by atomic mass is 35.5. The van der Waals surface area contributed by atoms with E-state index in [4.69, 9.17) is 11.5 Å². The number of benzene rings is 1. The van der Waals surface area contributed by atoms with Gasteiger partial charge < -0.3 is 16.8 Å². The summed E-state index contributed by atoms with van der Waals surface area (Å²) in [7, 11) is 0. The minimum Gasteiger partial charge on any atom is -0.366 e. The lowest BCUT2D eigenvalue weighted by Gasteiger charge is -2.11. The van der Waals surface area contributed by atoms with Gasteiger partial charge >= 0.3 is 0 Å². The van der Waals surface area contributed by atoms with Gasteiger partial charge in [-0.15, -0.1) is 12.4 Å². The normalized spacial score (nSPS) is 11.2. The van der Waals surface area contributed by atoms with Crippen molar-refractivity contribution >= 4 is 24.2 Å². The molecule has 2 amide bonds. The van der Waals surface area contributed by atoms with Crippen LogP contribution in [0.25, 0.3) is 0 Å². The Morgan fingerprint density at radius 2 is 1.94 bits per heavy atom. The molecule has 17 heavy (non-hydrogen) atoms. The number of hydrogen-bond donors (Lipinski definition) is 3. The molecule has 6 heteroatoms. The van der Waals surface area contributed by atoms with E-state index in [0.717, 1.165) is 0 Å². The predicted octanol–water partition coefficient (Wildman–Crippen LogP) is 0.284. The van der Waals surface area contributed by atoms with Crippen LogP contribution in [-0.2, 0) is 0 Å². The number of halogens is 1. The Bertz CT molecular complexity index is 409. The van der Waals surface area contributed by atoms with Gasteiger partial charge in [-0.3, -0.25) is 9.59 Å².